The van der Waals surface area contributed by atoms with Crippen LogP contribution in [0.4, 0.5) is 0 Å². The van der Waals surface area contributed by atoms with Gasteiger partial charge in [-0.25, -0.2) is 0 Å². The first-order valence-corrected chi connectivity index (χ1v) is 6.51. The van der Waals surface area contributed by atoms with Gasteiger partial charge in [0.15, 0.2) is 0 Å². The van der Waals surface area contributed by atoms with Gasteiger partial charge in [0.25, 0.3) is 0 Å². The molecule has 2 nitrogen and oxygen atoms in total. The summed E-state index contributed by atoms with van der Waals surface area (Å²) in [6, 6.07) is 0. The van der Waals surface area contributed by atoms with E-state index in [1.54, 1.807) is 0 Å². The minimum Gasteiger partial charge on any atom is -0.390 e. The highest BCUT2D eigenvalue weighted by Gasteiger charge is 2.40. The molecular formula is C15H26O2. The Kier molecular flexibility index (Phi) is 4.56. The summed E-state index contributed by atoms with van der Waals surface area (Å²) in [5, 5.41) is 20.8. The van der Waals surface area contributed by atoms with E-state index in [1.807, 2.05) is 34.6 Å². The first-order valence-electron chi connectivity index (χ1n) is 6.51. The normalized spacial score (nSPS) is 32.6. The van der Waals surface area contributed by atoms with E-state index in [0.29, 0.717) is 6.42 Å². The Bertz CT molecular complexity index is 322. The Balaban J connectivity index is 3.07. The maximum atomic E-state index is 10.5. The van der Waals surface area contributed by atoms with Crippen LogP contribution in [0.2, 0.25) is 0 Å². The number of aliphatic hydroxyl groups excluding tert-OH is 1. The second-order valence-electron chi connectivity index (χ2n) is 5.77. The highest BCUT2D eigenvalue weighted by Crippen LogP contribution is 2.39. The van der Waals surface area contributed by atoms with Crippen LogP contribution in [0.25, 0.3) is 0 Å². The van der Waals surface area contributed by atoms with Crippen molar-refractivity contribution in [1.82, 2.24) is 0 Å². The monoisotopic (exact) mass is 238 g/mol. The molecule has 98 valence electrons. The smallest absolute Gasteiger partial charge is 0.0813 e. The molecule has 1 rings (SSSR count). The molecule has 4 atom stereocenters. The van der Waals surface area contributed by atoms with Gasteiger partial charge in [0, 0.05) is 5.92 Å². The average Bonchev–Trinajstić information content (AvgIpc) is 2.24. The molecule has 0 spiro atoms. The number of rotatable bonds is 3. The molecule has 0 aromatic carbocycles. The van der Waals surface area contributed by atoms with E-state index >= 15 is 0 Å². The lowest BCUT2D eigenvalue weighted by Gasteiger charge is -2.41. The SMILES string of the molecule is CCC(C)(O)C1CC=C(C)C(O)C1C=C(C)C. The molecule has 1 aliphatic rings. The second-order valence-corrected chi connectivity index (χ2v) is 5.77. The number of hydrogen-bond acceptors (Lipinski definition) is 2. The van der Waals surface area contributed by atoms with E-state index in [2.05, 4.69) is 12.2 Å². The van der Waals surface area contributed by atoms with Gasteiger partial charge in [-0.2, -0.15) is 0 Å². The average molecular weight is 238 g/mol. The molecule has 0 fully saturated rings. The zero-order chi connectivity index (χ0) is 13.2. The van der Waals surface area contributed by atoms with E-state index in [1.165, 1.54) is 5.57 Å². The van der Waals surface area contributed by atoms with Crippen LogP contribution in [-0.4, -0.2) is 21.9 Å². The van der Waals surface area contributed by atoms with Crippen LogP contribution in [0.15, 0.2) is 23.3 Å². The first-order chi connectivity index (χ1) is 7.79. The van der Waals surface area contributed by atoms with Gasteiger partial charge in [-0.3, -0.25) is 0 Å². The molecule has 0 aromatic heterocycles. The van der Waals surface area contributed by atoms with Crippen LogP contribution < -0.4 is 0 Å². The van der Waals surface area contributed by atoms with E-state index in [9.17, 15) is 10.2 Å². The van der Waals surface area contributed by atoms with Crippen molar-refractivity contribution in [3.63, 3.8) is 0 Å². The van der Waals surface area contributed by atoms with E-state index in [0.717, 1.165) is 12.0 Å². The van der Waals surface area contributed by atoms with Crippen molar-refractivity contribution >= 4 is 0 Å². The summed E-state index contributed by atoms with van der Waals surface area (Å²) in [6.45, 7) is 9.92. The van der Waals surface area contributed by atoms with Gasteiger partial charge in [0.2, 0.25) is 0 Å². The second kappa shape index (κ2) is 5.36. The molecule has 0 saturated heterocycles. The molecule has 0 amide bonds. The van der Waals surface area contributed by atoms with Crippen LogP contribution in [0.5, 0.6) is 0 Å². The van der Waals surface area contributed by atoms with Crippen LogP contribution in [0.1, 0.15) is 47.5 Å². The fourth-order valence-corrected chi connectivity index (χ4v) is 2.64. The standard InChI is InChI=1S/C15H26O2/c1-6-15(5,17)13-8-7-11(4)14(16)12(13)9-10(2)3/h7,9,12-14,16-17H,6,8H2,1-5H3. The largest absolute Gasteiger partial charge is 0.390 e. The summed E-state index contributed by atoms with van der Waals surface area (Å²) < 4.78 is 0. The Labute approximate surface area is 105 Å². The minimum atomic E-state index is -0.713. The summed E-state index contributed by atoms with van der Waals surface area (Å²) in [6.07, 6.45) is 5.27. The van der Waals surface area contributed by atoms with E-state index in [4.69, 9.17) is 0 Å². The zero-order valence-corrected chi connectivity index (χ0v) is 11.7. The molecule has 0 heterocycles. The highest BCUT2D eigenvalue weighted by atomic mass is 16.3. The topological polar surface area (TPSA) is 40.5 Å². The summed E-state index contributed by atoms with van der Waals surface area (Å²) in [7, 11) is 0. The number of allylic oxidation sites excluding steroid dienone is 2. The van der Waals surface area contributed by atoms with Gasteiger partial charge in [0.1, 0.15) is 0 Å². The van der Waals surface area contributed by atoms with Gasteiger partial charge in [0.05, 0.1) is 11.7 Å². The van der Waals surface area contributed by atoms with Crippen LogP contribution in [-0.2, 0) is 0 Å². The maximum absolute atomic E-state index is 10.5. The lowest BCUT2D eigenvalue weighted by Crippen LogP contribution is -2.44. The molecule has 0 saturated carbocycles. The van der Waals surface area contributed by atoms with Crippen molar-refractivity contribution in [1.29, 1.82) is 0 Å². The quantitative estimate of drug-likeness (QED) is 0.742. The van der Waals surface area contributed by atoms with Gasteiger partial charge in [-0.15, -0.1) is 0 Å². The predicted molar refractivity (Wildman–Crippen MR) is 71.7 cm³/mol. The van der Waals surface area contributed by atoms with Crippen LogP contribution in [0, 0.1) is 11.8 Å². The van der Waals surface area contributed by atoms with Crippen molar-refractivity contribution < 1.29 is 10.2 Å². The van der Waals surface area contributed by atoms with Crippen LogP contribution >= 0.6 is 0 Å². The first kappa shape index (κ1) is 14.5. The van der Waals surface area contributed by atoms with E-state index < -0.39 is 11.7 Å². The lowest BCUT2D eigenvalue weighted by atomic mass is 9.68. The molecule has 2 heteroatoms. The molecule has 4 unspecified atom stereocenters. The maximum Gasteiger partial charge on any atom is 0.0813 e. The Morgan fingerprint density at radius 2 is 2.12 bits per heavy atom. The molecular weight excluding hydrogens is 212 g/mol. The molecule has 0 aromatic rings. The van der Waals surface area contributed by atoms with Crippen LogP contribution in [0.3, 0.4) is 0 Å². The summed E-state index contributed by atoms with van der Waals surface area (Å²) in [4.78, 5) is 0. The molecule has 1 aliphatic carbocycles. The zero-order valence-electron chi connectivity index (χ0n) is 11.7. The third kappa shape index (κ3) is 3.20. The lowest BCUT2D eigenvalue weighted by molar-refractivity contribution is -0.0452. The molecule has 2 N–H and O–H groups in total. The predicted octanol–water partition coefficient (Wildman–Crippen LogP) is 3.06. The summed E-state index contributed by atoms with van der Waals surface area (Å²) in [5.74, 6) is 0.126. The Hall–Kier alpha value is -0.600. The van der Waals surface area contributed by atoms with Crippen molar-refractivity contribution in [2.24, 2.45) is 11.8 Å². The molecule has 0 bridgehead atoms. The summed E-state index contributed by atoms with van der Waals surface area (Å²) >= 11 is 0. The van der Waals surface area contributed by atoms with Gasteiger partial charge < -0.3 is 10.2 Å². The Morgan fingerprint density at radius 3 is 2.59 bits per heavy atom. The van der Waals surface area contributed by atoms with Gasteiger partial charge in [-0.05, 0) is 52.0 Å². The van der Waals surface area contributed by atoms with E-state index in [-0.39, 0.29) is 11.8 Å². The highest BCUT2D eigenvalue weighted by molar-refractivity contribution is 5.19. The third-order valence-electron chi connectivity index (χ3n) is 4.03. The van der Waals surface area contributed by atoms with Crippen molar-refractivity contribution in [3.8, 4) is 0 Å². The van der Waals surface area contributed by atoms with Gasteiger partial charge >= 0.3 is 0 Å². The fourth-order valence-electron chi connectivity index (χ4n) is 2.64. The third-order valence-corrected chi connectivity index (χ3v) is 4.03. The number of aliphatic hydroxyl groups is 2. The Morgan fingerprint density at radius 1 is 1.53 bits per heavy atom. The summed E-state index contributed by atoms with van der Waals surface area (Å²) in [5.41, 5.74) is 1.51. The van der Waals surface area contributed by atoms with Crippen molar-refractivity contribution in [2.45, 2.75) is 59.2 Å². The molecule has 17 heavy (non-hydrogen) atoms. The minimum absolute atomic E-state index is 0.0277. The van der Waals surface area contributed by atoms with Gasteiger partial charge in [-0.1, -0.05) is 24.6 Å². The fraction of sp³-hybridized carbons (Fsp3) is 0.733. The molecule has 0 radical (unpaired) electrons. The van der Waals surface area contributed by atoms with Crippen molar-refractivity contribution in [2.75, 3.05) is 0 Å². The molecule has 0 aliphatic heterocycles. The van der Waals surface area contributed by atoms with Crippen molar-refractivity contribution in [3.05, 3.63) is 23.3 Å². The number of hydrogen-bond donors (Lipinski definition) is 2.